The molecule has 0 aliphatic rings. The number of nitrogens with two attached hydrogens (primary N) is 1. The largest absolute Gasteiger partial charge is 0.398 e. The number of rotatable bonds is 13. The van der Waals surface area contributed by atoms with Gasteiger partial charge in [0.15, 0.2) is 0 Å². The molecule has 7 heteroatoms. The normalized spacial score (nSPS) is 14.0. The van der Waals surface area contributed by atoms with Crippen molar-refractivity contribution in [3.63, 3.8) is 0 Å². The Morgan fingerprint density at radius 2 is 1.77 bits per heavy atom. The lowest BCUT2D eigenvalue weighted by atomic mass is 10.0. The van der Waals surface area contributed by atoms with Crippen molar-refractivity contribution in [3.8, 4) is 0 Å². The fourth-order valence-electron chi connectivity index (χ4n) is 3.66. The van der Waals surface area contributed by atoms with Gasteiger partial charge in [-0.05, 0) is 43.9 Å². The van der Waals surface area contributed by atoms with Crippen LogP contribution in [0.2, 0.25) is 5.02 Å². The molecule has 0 heterocycles. The molecule has 1 aromatic rings. The first-order chi connectivity index (χ1) is 14.5. The Hall–Kier alpha value is -1.79. The smallest absolute Gasteiger partial charge is 0.219 e. The van der Waals surface area contributed by atoms with Crippen molar-refractivity contribution in [1.82, 2.24) is 9.80 Å². The van der Waals surface area contributed by atoms with Crippen LogP contribution in [0.3, 0.4) is 0 Å². The molecule has 1 rings (SSSR count). The van der Waals surface area contributed by atoms with Gasteiger partial charge in [0, 0.05) is 40.4 Å². The maximum atomic E-state index is 12.0. The van der Waals surface area contributed by atoms with Crippen molar-refractivity contribution < 1.29 is 14.1 Å². The summed E-state index contributed by atoms with van der Waals surface area (Å²) in [5, 5.41) is 0.610. The SMILES string of the molecule is CC[N+](C)(CCC(CCCCc1ccc(N)c(Cl)c1)N(C)C(C)=O)CCN(C)C(C)=O. The molecule has 176 valence electrons. The monoisotopic (exact) mass is 453 g/mol. The maximum absolute atomic E-state index is 12.0. The van der Waals surface area contributed by atoms with Crippen LogP contribution in [0.1, 0.15) is 52.0 Å². The molecule has 0 spiro atoms. The van der Waals surface area contributed by atoms with Crippen molar-refractivity contribution in [2.24, 2.45) is 0 Å². The highest BCUT2D eigenvalue weighted by atomic mass is 35.5. The second kappa shape index (κ2) is 12.9. The van der Waals surface area contributed by atoms with E-state index in [1.165, 1.54) is 5.56 Å². The molecule has 2 amide bonds. The Balaban J connectivity index is 2.61. The number of benzene rings is 1. The van der Waals surface area contributed by atoms with Crippen LogP contribution in [0, 0.1) is 0 Å². The lowest BCUT2D eigenvalue weighted by Crippen LogP contribution is -2.51. The first kappa shape index (κ1) is 27.2. The zero-order valence-electron chi connectivity index (χ0n) is 20.3. The second-order valence-corrected chi connectivity index (χ2v) is 9.40. The Bertz CT molecular complexity index is 728. The first-order valence-corrected chi connectivity index (χ1v) is 11.7. The number of nitrogen functional groups attached to an aromatic ring is 1. The molecule has 0 aliphatic heterocycles. The molecule has 2 N–H and O–H groups in total. The van der Waals surface area contributed by atoms with Crippen LogP contribution in [-0.4, -0.2) is 79.5 Å². The summed E-state index contributed by atoms with van der Waals surface area (Å²) < 4.78 is 0.893. The molecule has 1 aromatic carbocycles. The number of hydrogen-bond acceptors (Lipinski definition) is 3. The molecular formula is C24H42ClN4O2+. The van der Waals surface area contributed by atoms with Crippen LogP contribution < -0.4 is 5.73 Å². The average molecular weight is 454 g/mol. The molecule has 6 nitrogen and oxygen atoms in total. The molecule has 0 fully saturated rings. The molecule has 2 atom stereocenters. The van der Waals surface area contributed by atoms with Crippen molar-refractivity contribution in [1.29, 1.82) is 0 Å². The summed E-state index contributed by atoms with van der Waals surface area (Å²) in [6.07, 6.45) is 4.99. The Morgan fingerprint density at radius 1 is 1.10 bits per heavy atom. The van der Waals surface area contributed by atoms with E-state index in [-0.39, 0.29) is 17.9 Å². The van der Waals surface area contributed by atoms with E-state index >= 15 is 0 Å². The van der Waals surface area contributed by atoms with E-state index in [4.69, 9.17) is 17.3 Å². The fraction of sp³-hybridized carbons (Fsp3) is 0.667. The summed E-state index contributed by atoms with van der Waals surface area (Å²) >= 11 is 6.12. The quantitative estimate of drug-likeness (QED) is 0.280. The third-order valence-corrected chi connectivity index (χ3v) is 6.97. The maximum Gasteiger partial charge on any atom is 0.219 e. The van der Waals surface area contributed by atoms with E-state index in [1.807, 2.05) is 37.2 Å². The molecule has 0 saturated heterocycles. The molecule has 0 aromatic heterocycles. The van der Waals surface area contributed by atoms with Crippen LogP contribution in [0.15, 0.2) is 18.2 Å². The number of amides is 2. The summed E-state index contributed by atoms with van der Waals surface area (Å²) in [4.78, 5) is 27.2. The summed E-state index contributed by atoms with van der Waals surface area (Å²) in [7, 11) is 6.00. The van der Waals surface area contributed by atoms with Gasteiger partial charge in [0.05, 0.1) is 43.9 Å². The van der Waals surface area contributed by atoms with Crippen molar-refractivity contribution in [2.45, 2.75) is 58.9 Å². The van der Waals surface area contributed by atoms with E-state index in [0.29, 0.717) is 10.7 Å². The summed E-state index contributed by atoms with van der Waals surface area (Å²) in [6, 6.07) is 6.06. The van der Waals surface area contributed by atoms with Gasteiger partial charge in [-0.15, -0.1) is 0 Å². The van der Waals surface area contributed by atoms with E-state index in [2.05, 4.69) is 14.0 Å². The van der Waals surface area contributed by atoms with E-state index in [0.717, 1.165) is 62.8 Å². The number of anilines is 1. The van der Waals surface area contributed by atoms with Gasteiger partial charge in [-0.2, -0.15) is 0 Å². The highest BCUT2D eigenvalue weighted by Crippen LogP contribution is 2.22. The minimum atomic E-state index is 0.0965. The van der Waals surface area contributed by atoms with E-state index in [1.54, 1.807) is 18.7 Å². The lowest BCUT2D eigenvalue weighted by molar-refractivity contribution is -0.907. The second-order valence-electron chi connectivity index (χ2n) is 9.00. The predicted octanol–water partition coefficient (Wildman–Crippen LogP) is 3.82. The number of aryl methyl sites for hydroxylation is 1. The summed E-state index contributed by atoms with van der Waals surface area (Å²) in [6.45, 7) is 9.08. The molecule has 0 aliphatic carbocycles. The number of likely N-dealkylation sites (N-methyl/N-ethyl adjacent to an activating group) is 2. The highest BCUT2D eigenvalue weighted by Gasteiger charge is 2.25. The van der Waals surface area contributed by atoms with Gasteiger partial charge in [-0.3, -0.25) is 9.59 Å². The number of carbonyl (C=O) groups excluding carboxylic acids is 2. The van der Waals surface area contributed by atoms with E-state index in [9.17, 15) is 9.59 Å². The van der Waals surface area contributed by atoms with Crippen molar-refractivity contribution >= 4 is 29.1 Å². The lowest BCUT2D eigenvalue weighted by Gasteiger charge is -2.37. The molecule has 0 saturated carbocycles. The summed E-state index contributed by atoms with van der Waals surface area (Å²) in [5.74, 6) is 0.205. The zero-order valence-corrected chi connectivity index (χ0v) is 21.0. The number of quaternary nitrogens is 1. The molecule has 31 heavy (non-hydrogen) atoms. The van der Waals surface area contributed by atoms with Crippen LogP contribution in [-0.2, 0) is 16.0 Å². The molecule has 2 unspecified atom stereocenters. The Morgan fingerprint density at radius 3 is 2.32 bits per heavy atom. The standard InChI is InChI=1S/C24H42ClN4O2/c1-7-29(6,17-15-27(4)19(2)30)16-14-22(28(5)20(3)31)11-9-8-10-21-12-13-24(26)23(25)18-21/h12-13,18,22H,7-11,14-17,26H2,1-6H3/q+1. The minimum Gasteiger partial charge on any atom is -0.398 e. The molecule has 0 bridgehead atoms. The fourth-order valence-corrected chi connectivity index (χ4v) is 3.86. The van der Waals surface area contributed by atoms with Gasteiger partial charge in [-0.1, -0.05) is 24.1 Å². The van der Waals surface area contributed by atoms with Gasteiger partial charge in [-0.25, -0.2) is 0 Å². The predicted molar refractivity (Wildman–Crippen MR) is 130 cm³/mol. The third kappa shape index (κ3) is 9.48. The number of hydrogen-bond donors (Lipinski definition) is 1. The van der Waals surface area contributed by atoms with Crippen molar-refractivity contribution in [3.05, 3.63) is 28.8 Å². The van der Waals surface area contributed by atoms with Gasteiger partial charge < -0.3 is 20.0 Å². The van der Waals surface area contributed by atoms with Crippen LogP contribution in [0.5, 0.6) is 0 Å². The van der Waals surface area contributed by atoms with Gasteiger partial charge in [0.1, 0.15) is 0 Å². The van der Waals surface area contributed by atoms with Crippen LogP contribution in [0.25, 0.3) is 0 Å². The van der Waals surface area contributed by atoms with Gasteiger partial charge in [0.2, 0.25) is 11.8 Å². The zero-order chi connectivity index (χ0) is 23.6. The number of unbranched alkanes of at least 4 members (excludes halogenated alkanes) is 1. The number of carbonyl (C=O) groups is 2. The Labute approximate surface area is 193 Å². The van der Waals surface area contributed by atoms with E-state index < -0.39 is 0 Å². The Kier molecular flexibility index (Phi) is 11.4. The highest BCUT2D eigenvalue weighted by molar-refractivity contribution is 6.33. The third-order valence-electron chi connectivity index (χ3n) is 6.64. The molecule has 0 radical (unpaired) electrons. The van der Waals surface area contributed by atoms with Crippen LogP contribution >= 0.6 is 11.6 Å². The number of halogens is 1. The molecular weight excluding hydrogens is 412 g/mol. The summed E-state index contributed by atoms with van der Waals surface area (Å²) in [5.41, 5.74) is 7.59. The minimum absolute atomic E-state index is 0.0965. The average Bonchev–Trinajstić information content (AvgIpc) is 2.73. The first-order valence-electron chi connectivity index (χ1n) is 11.3. The van der Waals surface area contributed by atoms with Gasteiger partial charge >= 0.3 is 0 Å². The number of nitrogens with zero attached hydrogens (tertiary/aromatic N) is 3. The van der Waals surface area contributed by atoms with Crippen LogP contribution in [0.4, 0.5) is 5.69 Å². The van der Waals surface area contributed by atoms with Gasteiger partial charge in [0.25, 0.3) is 0 Å². The van der Waals surface area contributed by atoms with Crippen molar-refractivity contribution in [2.75, 3.05) is 53.1 Å². The topological polar surface area (TPSA) is 66.6 Å².